The molecule has 1 rings (SSSR count). The second-order valence-electron chi connectivity index (χ2n) is 2.71. The molecule has 0 saturated carbocycles. The average molecular weight is 215 g/mol. The Hall–Kier alpha value is -0.870. The van der Waals surface area contributed by atoms with Gasteiger partial charge in [-0.25, -0.2) is 0 Å². The highest BCUT2D eigenvalue weighted by molar-refractivity contribution is 7.99. The fraction of sp³-hybridized carbons (Fsp3) is 0.200. The molecular formula is C10H11F2NS. The highest BCUT2D eigenvalue weighted by atomic mass is 32.2. The Morgan fingerprint density at radius 1 is 1.50 bits per heavy atom. The molecule has 0 saturated heterocycles. The maximum atomic E-state index is 12.1. The number of hydrogen-bond acceptors (Lipinski definition) is 2. The van der Waals surface area contributed by atoms with Gasteiger partial charge < -0.3 is 5.73 Å². The molecule has 76 valence electrons. The van der Waals surface area contributed by atoms with Gasteiger partial charge in [0, 0.05) is 11.4 Å². The number of rotatable bonds is 4. The van der Waals surface area contributed by atoms with Crippen LogP contribution in [-0.2, 0) is 0 Å². The topological polar surface area (TPSA) is 26.0 Å². The van der Waals surface area contributed by atoms with E-state index in [4.69, 9.17) is 5.73 Å². The van der Waals surface area contributed by atoms with Gasteiger partial charge in [0.15, 0.2) is 0 Å². The van der Waals surface area contributed by atoms with Gasteiger partial charge in [-0.05, 0) is 23.3 Å². The molecule has 0 aliphatic heterocycles. The molecule has 0 heterocycles. The minimum Gasteiger partial charge on any atom is -0.326 e. The lowest BCUT2D eigenvalue weighted by Crippen LogP contribution is -2.00. The Balaban J connectivity index is 2.84. The molecular weight excluding hydrogens is 204 g/mol. The van der Waals surface area contributed by atoms with E-state index in [0.29, 0.717) is 23.2 Å². The first-order valence-corrected chi connectivity index (χ1v) is 4.94. The highest BCUT2D eigenvalue weighted by Crippen LogP contribution is 2.27. The zero-order valence-electron chi connectivity index (χ0n) is 7.54. The van der Waals surface area contributed by atoms with Gasteiger partial charge in [0.05, 0.1) is 0 Å². The van der Waals surface area contributed by atoms with Gasteiger partial charge >= 0.3 is 0 Å². The maximum Gasteiger partial charge on any atom is 0.288 e. The SMILES string of the molecule is C=C(CN)c1cccc(SC(F)F)c1. The fourth-order valence-corrected chi connectivity index (χ4v) is 1.57. The number of halogens is 2. The molecule has 4 heteroatoms. The van der Waals surface area contributed by atoms with Crippen LogP contribution in [0.5, 0.6) is 0 Å². The molecule has 0 aromatic heterocycles. The van der Waals surface area contributed by atoms with Gasteiger partial charge in [-0.15, -0.1) is 0 Å². The molecule has 0 radical (unpaired) electrons. The summed E-state index contributed by atoms with van der Waals surface area (Å²) in [4.78, 5) is 0.534. The largest absolute Gasteiger partial charge is 0.326 e. The van der Waals surface area contributed by atoms with Crippen LogP contribution in [0, 0.1) is 0 Å². The quantitative estimate of drug-likeness (QED) is 0.781. The molecule has 1 aromatic carbocycles. The maximum absolute atomic E-state index is 12.1. The van der Waals surface area contributed by atoms with E-state index >= 15 is 0 Å². The van der Waals surface area contributed by atoms with Crippen LogP contribution >= 0.6 is 11.8 Å². The van der Waals surface area contributed by atoms with E-state index in [1.807, 2.05) is 6.07 Å². The lowest BCUT2D eigenvalue weighted by molar-refractivity contribution is 0.252. The van der Waals surface area contributed by atoms with Crippen molar-refractivity contribution in [3.8, 4) is 0 Å². The second kappa shape index (κ2) is 5.12. The first kappa shape index (κ1) is 11.2. The fourth-order valence-electron chi connectivity index (χ4n) is 1.01. The van der Waals surface area contributed by atoms with Crippen molar-refractivity contribution >= 4 is 17.3 Å². The summed E-state index contributed by atoms with van der Waals surface area (Å²) in [7, 11) is 0. The molecule has 0 spiro atoms. The van der Waals surface area contributed by atoms with E-state index in [0.717, 1.165) is 11.1 Å². The predicted octanol–water partition coefficient (Wildman–Crippen LogP) is 2.97. The monoisotopic (exact) mass is 215 g/mol. The van der Waals surface area contributed by atoms with Crippen molar-refractivity contribution < 1.29 is 8.78 Å². The zero-order chi connectivity index (χ0) is 10.6. The smallest absolute Gasteiger partial charge is 0.288 e. The molecule has 1 nitrogen and oxygen atoms in total. The van der Waals surface area contributed by atoms with Crippen molar-refractivity contribution in [1.82, 2.24) is 0 Å². The molecule has 0 bridgehead atoms. The Labute approximate surface area is 86.0 Å². The normalized spacial score (nSPS) is 10.6. The third-order valence-corrected chi connectivity index (χ3v) is 2.42. The summed E-state index contributed by atoms with van der Waals surface area (Å²) in [6.45, 7) is 4.08. The summed E-state index contributed by atoms with van der Waals surface area (Å²) in [5.74, 6) is -2.39. The molecule has 0 fully saturated rings. The van der Waals surface area contributed by atoms with E-state index in [1.165, 1.54) is 0 Å². The Morgan fingerprint density at radius 2 is 2.21 bits per heavy atom. The number of nitrogens with two attached hydrogens (primary N) is 1. The van der Waals surface area contributed by atoms with Crippen molar-refractivity contribution in [3.05, 3.63) is 36.4 Å². The van der Waals surface area contributed by atoms with E-state index in [1.54, 1.807) is 18.2 Å². The van der Waals surface area contributed by atoms with Crippen LogP contribution in [0.4, 0.5) is 8.78 Å². The van der Waals surface area contributed by atoms with Gasteiger partial charge in [0.25, 0.3) is 5.76 Å². The molecule has 0 amide bonds. The van der Waals surface area contributed by atoms with Crippen LogP contribution in [0.25, 0.3) is 5.57 Å². The lowest BCUT2D eigenvalue weighted by atomic mass is 10.1. The van der Waals surface area contributed by atoms with Crippen LogP contribution in [0.15, 0.2) is 35.7 Å². The van der Waals surface area contributed by atoms with Crippen molar-refractivity contribution in [2.75, 3.05) is 6.54 Å². The molecule has 0 aliphatic rings. The highest BCUT2D eigenvalue weighted by Gasteiger charge is 2.06. The summed E-state index contributed by atoms with van der Waals surface area (Å²) < 4.78 is 24.1. The van der Waals surface area contributed by atoms with Crippen LogP contribution in [-0.4, -0.2) is 12.3 Å². The molecule has 0 unspecified atom stereocenters. The molecule has 0 aliphatic carbocycles. The standard InChI is InChI=1S/C10H11F2NS/c1-7(6-13)8-3-2-4-9(5-8)14-10(11)12/h2-5,10H,1,6,13H2. The molecule has 2 N–H and O–H groups in total. The second-order valence-corrected chi connectivity index (χ2v) is 3.78. The van der Waals surface area contributed by atoms with E-state index in [-0.39, 0.29) is 0 Å². The lowest BCUT2D eigenvalue weighted by Gasteiger charge is -2.05. The average Bonchev–Trinajstić information content (AvgIpc) is 2.16. The molecule has 14 heavy (non-hydrogen) atoms. The van der Waals surface area contributed by atoms with Crippen LogP contribution < -0.4 is 5.73 Å². The van der Waals surface area contributed by atoms with Gasteiger partial charge in [0.1, 0.15) is 0 Å². The molecule has 1 aromatic rings. The summed E-state index contributed by atoms with van der Waals surface area (Å²) in [6, 6.07) is 6.85. The summed E-state index contributed by atoms with van der Waals surface area (Å²) in [6.07, 6.45) is 0. The van der Waals surface area contributed by atoms with Crippen molar-refractivity contribution in [3.63, 3.8) is 0 Å². The minimum absolute atomic E-state index is 0.336. The first-order valence-electron chi connectivity index (χ1n) is 4.06. The third-order valence-electron chi connectivity index (χ3n) is 1.71. The first-order chi connectivity index (χ1) is 6.63. The minimum atomic E-state index is -2.39. The van der Waals surface area contributed by atoms with Gasteiger partial charge in [0.2, 0.25) is 0 Å². The van der Waals surface area contributed by atoms with Crippen molar-refractivity contribution in [1.29, 1.82) is 0 Å². The number of hydrogen-bond donors (Lipinski definition) is 1. The zero-order valence-corrected chi connectivity index (χ0v) is 8.36. The van der Waals surface area contributed by atoms with Crippen LogP contribution in [0.2, 0.25) is 0 Å². The van der Waals surface area contributed by atoms with Gasteiger partial charge in [-0.2, -0.15) is 8.78 Å². The Morgan fingerprint density at radius 3 is 2.79 bits per heavy atom. The third kappa shape index (κ3) is 3.12. The summed E-state index contributed by atoms with van der Waals surface area (Å²) >= 11 is 0.525. The number of alkyl halides is 2. The van der Waals surface area contributed by atoms with Gasteiger partial charge in [-0.1, -0.05) is 30.5 Å². The molecule has 0 atom stereocenters. The number of benzene rings is 1. The Kier molecular flexibility index (Phi) is 4.10. The van der Waals surface area contributed by atoms with E-state index in [2.05, 4.69) is 6.58 Å². The van der Waals surface area contributed by atoms with Crippen LogP contribution in [0.3, 0.4) is 0 Å². The summed E-state index contributed by atoms with van der Waals surface area (Å²) in [5, 5.41) is 0. The van der Waals surface area contributed by atoms with E-state index in [9.17, 15) is 8.78 Å². The van der Waals surface area contributed by atoms with Gasteiger partial charge in [-0.3, -0.25) is 0 Å². The predicted molar refractivity (Wildman–Crippen MR) is 56.4 cm³/mol. The van der Waals surface area contributed by atoms with Crippen molar-refractivity contribution in [2.45, 2.75) is 10.7 Å². The van der Waals surface area contributed by atoms with Crippen molar-refractivity contribution in [2.24, 2.45) is 5.73 Å². The summed E-state index contributed by atoms with van der Waals surface area (Å²) in [5.41, 5.74) is 6.97. The van der Waals surface area contributed by atoms with Crippen LogP contribution in [0.1, 0.15) is 5.56 Å². The van der Waals surface area contributed by atoms with E-state index < -0.39 is 5.76 Å². The number of thioether (sulfide) groups is 1. The Bertz CT molecular complexity index is 326.